The van der Waals surface area contributed by atoms with E-state index in [0.29, 0.717) is 12.5 Å². The lowest BCUT2D eigenvalue weighted by atomic mass is 10.1. The molecule has 6 heteroatoms. The zero-order chi connectivity index (χ0) is 25.0. The fraction of sp³-hybridized carbons (Fsp3) is 0.500. The second-order valence-corrected chi connectivity index (χ2v) is 9.94. The van der Waals surface area contributed by atoms with Crippen LogP contribution in [0, 0.1) is 0 Å². The number of piperazine rings is 1. The molecular weight excluding hydrogens is 448 g/mol. The van der Waals surface area contributed by atoms with Gasteiger partial charge in [-0.15, -0.1) is 0 Å². The van der Waals surface area contributed by atoms with Crippen LogP contribution in [-0.2, 0) is 0 Å². The molecular formula is C30H42N4O2. The van der Waals surface area contributed by atoms with E-state index in [0.717, 1.165) is 24.2 Å². The Morgan fingerprint density at radius 3 is 1.81 bits per heavy atom. The van der Waals surface area contributed by atoms with Crippen molar-refractivity contribution in [1.29, 1.82) is 0 Å². The first-order valence-electron chi connectivity index (χ1n) is 13.7. The maximum absolute atomic E-state index is 12.9. The molecule has 3 aromatic rings. The molecule has 1 aliphatic heterocycles. The SMILES string of the molecule is CN1CCN(CCCCCCCCCCOc2cc(=O)n(-c3ccccc3)n2-c2ccccc2)CC1. The number of para-hydroxylation sites is 2. The number of rotatable bonds is 14. The Bertz CT molecular complexity index is 1070. The fourth-order valence-electron chi connectivity index (χ4n) is 4.90. The molecule has 0 N–H and O–H groups in total. The van der Waals surface area contributed by atoms with Crippen LogP contribution in [-0.4, -0.2) is 65.5 Å². The van der Waals surface area contributed by atoms with Gasteiger partial charge in [0.25, 0.3) is 5.56 Å². The topological polar surface area (TPSA) is 42.6 Å². The smallest absolute Gasteiger partial charge is 0.275 e. The number of nitrogens with zero attached hydrogens (tertiary/aromatic N) is 4. The highest BCUT2D eigenvalue weighted by Gasteiger charge is 2.16. The van der Waals surface area contributed by atoms with Gasteiger partial charge in [-0.25, -0.2) is 9.36 Å². The monoisotopic (exact) mass is 490 g/mol. The van der Waals surface area contributed by atoms with Gasteiger partial charge in [0.05, 0.1) is 24.0 Å². The van der Waals surface area contributed by atoms with E-state index in [1.54, 1.807) is 10.7 Å². The maximum atomic E-state index is 12.9. The highest BCUT2D eigenvalue weighted by Crippen LogP contribution is 2.20. The molecule has 0 atom stereocenters. The maximum Gasteiger partial charge on any atom is 0.275 e. The highest BCUT2D eigenvalue weighted by molar-refractivity contribution is 5.40. The van der Waals surface area contributed by atoms with Gasteiger partial charge in [-0.3, -0.25) is 4.79 Å². The molecule has 194 valence electrons. The van der Waals surface area contributed by atoms with Crippen LogP contribution in [0.2, 0.25) is 0 Å². The van der Waals surface area contributed by atoms with Gasteiger partial charge in [0.2, 0.25) is 5.88 Å². The summed E-state index contributed by atoms with van der Waals surface area (Å²) in [7, 11) is 2.22. The Morgan fingerprint density at radius 2 is 1.19 bits per heavy atom. The summed E-state index contributed by atoms with van der Waals surface area (Å²) in [5.74, 6) is 0.593. The van der Waals surface area contributed by atoms with Crippen molar-refractivity contribution in [3.8, 4) is 17.3 Å². The summed E-state index contributed by atoms with van der Waals surface area (Å²) >= 11 is 0. The van der Waals surface area contributed by atoms with E-state index >= 15 is 0 Å². The van der Waals surface area contributed by atoms with E-state index in [-0.39, 0.29) is 5.56 Å². The molecule has 1 saturated heterocycles. The lowest BCUT2D eigenvalue weighted by Gasteiger charge is -2.32. The van der Waals surface area contributed by atoms with Gasteiger partial charge in [0.1, 0.15) is 0 Å². The van der Waals surface area contributed by atoms with Crippen LogP contribution in [0.4, 0.5) is 0 Å². The largest absolute Gasteiger partial charge is 0.478 e. The van der Waals surface area contributed by atoms with Gasteiger partial charge in [-0.1, -0.05) is 74.9 Å². The number of hydrogen-bond acceptors (Lipinski definition) is 4. The van der Waals surface area contributed by atoms with E-state index < -0.39 is 0 Å². The minimum absolute atomic E-state index is 0.0901. The summed E-state index contributed by atoms with van der Waals surface area (Å²) in [5, 5.41) is 0. The van der Waals surface area contributed by atoms with Gasteiger partial charge in [-0.2, -0.15) is 0 Å². The lowest BCUT2D eigenvalue weighted by molar-refractivity contribution is 0.152. The number of hydrogen-bond donors (Lipinski definition) is 0. The van der Waals surface area contributed by atoms with Crippen LogP contribution in [0.5, 0.6) is 5.88 Å². The van der Waals surface area contributed by atoms with Crippen molar-refractivity contribution < 1.29 is 4.74 Å². The van der Waals surface area contributed by atoms with E-state index in [2.05, 4.69) is 16.8 Å². The first-order valence-corrected chi connectivity index (χ1v) is 13.7. The molecule has 0 amide bonds. The van der Waals surface area contributed by atoms with Gasteiger partial charge in [-0.05, 0) is 50.7 Å². The van der Waals surface area contributed by atoms with Crippen molar-refractivity contribution in [2.24, 2.45) is 0 Å². The third-order valence-electron chi connectivity index (χ3n) is 7.08. The van der Waals surface area contributed by atoms with Gasteiger partial charge < -0.3 is 14.5 Å². The minimum atomic E-state index is -0.0901. The Hall–Kier alpha value is -2.83. The molecule has 4 rings (SSSR count). The van der Waals surface area contributed by atoms with Crippen molar-refractivity contribution in [3.63, 3.8) is 0 Å². The first kappa shape index (κ1) is 26.2. The van der Waals surface area contributed by atoms with Gasteiger partial charge >= 0.3 is 0 Å². The molecule has 1 fully saturated rings. The summed E-state index contributed by atoms with van der Waals surface area (Å²) in [6.07, 6.45) is 10.1. The van der Waals surface area contributed by atoms with Crippen molar-refractivity contribution in [3.05, 3.63) is 77.1 Å². The Kier molecular flexibility index (Phi) is 10.2. The molecule has 2 heterocycles. The second-order valence-electron chi connectivity index (χ2n) is 9.94. The molecule has 2 aromatic carbocycles. The summed E-state index contributed by atoms with van der Waals surface area (Å²) in [4.78, 5) is 17.9. The summed E-state index contributed by atoms with van der Waals surface area (Å²) in [6, 6.07) is 21.2. The Balaban J connectivity index is 1.16. The van der Waals surface area contributed by atoms with E-state index in [4.69, 9.17) is 4.74 Å². The molecule has 1 aliphatic rings. The van der Waals surface area contributed by atoms with Crippen LogP contribution in [0.15, 0.2) is 71.5 Å². The summed E-state index contributed by atoms with van der Waals surface area (Å²) in [6.45, 7) is 6.79. The van der Waals surface area contributed by atoms with Crippen LogP contribution in [0.25, 0.3) is 11.4 Å². The highest BCUT2D eigenvalue weighted by atomic mass is 16.5. The van der Waals surface area contributed by atoms with Crippen LogP contribution < -0.4 is 10.3 Å². The normalized spacial score (nSPS) is 14.8. The Morgan fingerprint density at radius 1 is 0.667 bits per heavy atom. The molecule has 6 nitrogen and oxygen atoms in total. The quantitative estimate of drug-likeness (QED) is 0.285. The zero-order valence-electron chi connectivity index (χ0n) is 21.9. The van der Waals surface area contributed by atoms with Crippen LogP contribution in [0.3, 0.4) is 0 Å². The lowest BCUT2D eigenvalue weighted by Crippen LogP contribution is -2.44. The number of likely N-dealkylation sites (N-methyl/N-ethyl adjacent to an activating group) is 1. The van der Waals surface area contributed by atoms with Crippen molar-refractivity contribution in [1.82, 2.24) is 19.2 Å². The Labute approximate surface area is 216 Å². The molecule has 0 radical (unpaired) electrons. The van der Waals surface area contributed by atoms with E-state index in [1.165, 1.54) is 71.2 Å². The standard InChI is InChI=1S/C30H42N4O2/c1-31-21-23-32(24-22-31)20-14-6-4-2-3-5-7-15-25-36-30-26-29(35)33(27-16-10-8-11-17-27)34(30)28-18-12-9-13-19-28/h8-13,16-19,26H,2-7,14-15,20-25H2,1H3. The number of ether oxygens (including phenoxy) is 1. The molecule has 0 bridgehead atoms. The zero-order valence-corrected chi connectivity index (χ0v) is 21.9. The molecule has 0 unspecified atom stereocenters. The minimum Gasteiger partial charge on any atom is -0.478 e. The molecule has 0 spiro atoms. The van der Waals surface area contributed by atoms with Crippen molar-refractivity contribution in [2.45, 2.75) is 51.4 Å². The first-order chi connectivity index (χ1) is 17.7. The van der Waals surface area contributed by atoms with Gasteiger partial charge in [0, 0.05) is 26.2 Å². The van der Waals surface area contributed by atoms with E-state index in [9.17, 15) is 4.79 Å². The average Bonchev–Trinajstić information content (AvgIpc) is 3.25. The van der Waals surface area contributed by atoms with Gasteiger partial charge in [0.15, 0.2) is 0 Å². The molecule has 0 aliphatic carbocycles. The molecule has 0 saturated carbocycles. The van der Waals surface area contributed by atoms with Crippen LogP contribution >= 0.6 is 0 Å². The molecule has 1 aromatic heterocycles. The average molecular weight is 491 g/mol. The fourth-order valence-corrected chi connectivity index (χ4v) is 4.90. The summed E-state index contributed by atoms with van der Waals surface area (Å²) in [5.41, 5.74) is 1.64. The third-order valence-corrected chi connectivity index (χ3v) is 7.08. The van der Waals surface area contributed by atoms with Crippen molar-refractivity contribution >= 4 is 0 Å². The second kappa shape index (κ2) is 14.0. The third kappa shape index (κ3) is 7.58. The predicted molar refractivity (Wildman–Crippen MR) is 148 cm³/mol. The van der Waals surface area contributed by atoms with Crippen LogP contribution in [0.1, 0.15) is 51.4 Å². The summed E-state index contributed by atoms with van der Waals surface area (Å²) < 4.78 is 9.68. The predicted octanol–water partition coefficient (Wildman–Crippen LogP) is 5.38. The number of aromatic nitrogens is 2. The molecule has 36 heavy (non-hydrogen) atoms. The number of benzene rings is 2. The van der Waals surface area contributed by atoms with Crippen molar-refractivity contribution in [2.75, 3.05) is 46.4 Å². The van der Waals surface area contributed by atoms with E-state index in [1.807, 2.05) is 65.3 Å². The number of unbranched alkanes of at least 4 members (excludes halogenated alkanes) is 7.